The highest BCUT2D eigenvalue weighted by molar-refractivity contribution is 6.36. The van der Waals surface area contributed by atoms with Gasteiger partial charge in [-0.1, -0.05) is 55.3 Å². The fourth-order valence-electron chi connectivity index (χ4n) is 3.51. The number of benzene rings is 2. The molecule has 0 spiro atoms. The van der Waals surface area contributed by atoms with E-state index in [-0.39, 0.29) is 11.8 Å². The molecule has 2 amide bonds. The fourth-order valence-corrected chi connectivity index (χ4v) is 3.51. The van der Waals surface area contributed by atoms with Gasteiger partial charge < -0.3 is 4.90 Å². The van der Waals surface area contributed by atoms with Crippen molar-refractivity contribution in [3.05, 3.63) is 70.9 Å². The molecule has 4 heteroatoms. The Labute approximate surface area is 161 Å². The highest BCUT2D eigenvalue weighted by Gasteiger charge is 2.41. The lowest BCUT2D eigenvalue weighted by Crippen LogP contribution is -2.35. The number of para-hydroxylation sites is 1. The highest BCUT2D eigenvalue weighted by Crippen LogP contribution is 2.35. The average Bonchev–Trinajstić information content (AvgIpc) is 2.90. The number of nitrogens with zero attached hydrogens (tertiary/aromatic N) is 2. The molecule has 0 radical (unpaired) electrons. The summed E-state index contributed by atoms with van der Waals surface area (Å²) in [6, 6.07) is 15.7. The van der Waals surface area contributed by atoms with Gasteiger partial charge in [0.2, 0.25) is 0 Å². The maximum Gasteiger partial charge on any atom is 0.278 e. The van der Waals surface area contributed by atoms with Crippen LogP contribution >= 0.6 is 0 Å². The lowest BCUT2D eigenvalue weighted by atomic mass is 9.97. The van der Waals surface area contributed by atoms with Gasteiger partial charge >= 0.3 is 0 Å². The Balaban J connectivity index is 2.15. The van der Waals surface area contributed by atoms with E-state index >= 15 is 0 Å². The number of likely N-dealkylation sites (N-methyl/N-ethyl adjacent to an activating group) is 1. The molecule has 0 bridgehead atoms. The Kier molecular flexibility index (Phi) is 5.45. The largest absolute Gasteiger partial charge is 0.339 e. The summed E-state index contributed by atoms with van der Waals surface area (Å²) in [6.45, 7) is 6.52. The Hall–Kier alpha value is -2.88. The van der Waals surface area contributed by atoms with E-state index in [1.807, 2.05) is 68.3 Å². The molecule has 0 aromatic heterocycles. The molecule has 2 aromatic rings. The van der Waals surface area contributed by atoms with Crippen LogP contribution in [0.1, 0.15) is 36.5 Å². The van der Waals surface area contributed by atoms with Crippen molar-refractivity contribution in [3.63, 3.8) is 0 Å². The van der Waals surface area contributed by atoms with Gasteiger partial charge in [0.25, 0.3) is 11.8 Å². The number of rotatable bonds is 6. The lowest BCUT2D eigenvalue weighted by Gasteiger charge is -2.21. The van der Waals surface area contributed by atoms with Crippen LogP contribution in [-0.2, 0) is 9.59 Å². The average molecular weight is 362 g/mol. The van der Waals surface area contributed by atoms with Crippen molar-refractivity contribution in [1.29, 1.82) is 0 Å². The van der Waals surface area contributed by atoms with Crippen LogP contribution in [0, 0.1) is 13.8 Å². The van der Waals surface area contributed by atoms with Crippen molar-refractivity contribution < 1.29 is 9.59 Å². The van der Waals surface area contributed by atoms with Gasteiger partial charge in [0.15, 0.2) is 0 Å². The molecule has 2 aromatic carbocycles. The molecule has 0 unspecified atom stereocenters. The lowest BCUT2D eigenvalue weighted by molar-refractivity contribution is -0.136. The van der Waals surface area contributed by atoms with Gasteiger partial charge in [-0.15, -0.1) is 0 Å². The molecule has 140 valence electrons. The van der Waals surface area contributed by atoms with E-state index in [4.69, 9.17) is 0 Å². The van der Waals surface area contributed by atoms with Crippen molar-refractivity contribution >= 4 is 23.1 Å². The highest BCUT2D eigenvalue weighted by atomic mass is 16.2. The Morgan fingerprint density at radius 3 is 2.30 bits per heavy atom. The normalized spacial score (nSPS) is 14.3. The van der Waals surface area contributed by atoms with Gasteiger partial charge in [0.05, 0.1) is 5.57 Å². The van der Waals surface area contributed by atoms with E-state index in [1.54, 1.807) is 0 Å². The predicted octanol–water partition coefficient (Wildman–Crippen LogP) is 4.32. The van der Waals surface area contributed by atoms with Crippen molar-refractivity contribution in [2.24, 2.45) is 0 Å². The first-order chi connectivity index (χ1) is 13.0. The van der Waals surface area contributed by atoms with Crippen LogP contribution in [0.25, 0.3) is 5.57 Å². The molecule has 0 atom stereocenters. The number of carbonyl (C=O) groups excluding carboxylic acids is 2. The first-order valence-corrected chi connectivity index (χ1v) is 9.42. The molecular formula is C23H26N2O2. The number of aryl methyl sites for hydroxylation is 2. The molecular weight excluding hydrogens is 336 g/mol. The van der Waals surface area contributed by atoms with Gasteiger partial charge in [0.1, 0.15) is 5.70 Å². The van der Waals surface area contributed by atoms with Crippen LogP contribution in [0.4, 0.5) is 5.69 Å². The van der Waals surface area contributed by atoms with E-state index in [2.05, 4.69) is 13.0 Å². The second-order valence-corrected chi connectivity index (χ2v) is 7.05. The van der Waals surface area contributed by atoms with Crippen molar-refractivity contribution in [1.82, 2.24) is 4.90 Å². The summed E-state index contributed by atoms with van der Waals surface area (Å²) in [7, 11) is 1.85. The second kappa shape index (κ2) is 7.78. The summed E-state index contributed by atoms with van der Waals surface area (Å²) in [6.07, 6.45) is 1.74. The molecule has 27 heavy (non-hydrogen) atoms. The van der Waals surface area contributed by atoms with E-state index in [9.17, 15) is 9.59 Å². The summed E-state index contributed by atoms with van der Waals surface area (Å²) in [5.74, 6) is -0.409. The topological polar surface area (TPSA) is 40.6 Å². The maximum atomic E-state index is 13.2. The van der Waals surface area contributed by atoms with E-state index in [0.29, 0.717) is 17.8 Å². The van der Waals surface area contributed by atoms with Crippen molar-refractivity contribution in [2.45, 2.75) is 33.6 Å². The van der Waals surface area contributed by atoms with Crippen LogP contribution in [0.3, 0.4) is 0 Å². The molecule has 0 saturated heterocycles. The minimum atomic E-state index is -0.213. The summed E-state index contributed by atoms with van der Waals surface area (Å²) < 4.78 is 0. The van der Waals surface area contributed by atoms with E-state index < -0.39 is 0 Å². The molecule has 1 aliphatic heterocycles. The summed E-state index contributed by atoms with van der Waals surface area (Å²) in [5, 5.41) is 0. The van der Waals surface area contributed by atoms with Crippen LogP contribution in [-0.4, -0.2) is 30.3 Å². The predicted molar refractivity (Wildman–Crippen MR) is 109 cm³/mol. The minimum absolute atomic E-state index is 0.196. The van der Waals surface area contributed by atoms with Gasteiger partial charge in [0, 0.05) is 19.3 Å². The first kappa shape index (κ1) is 18.9. The molecule has 1 aliphatic rings. The van der Waals surface area contributed by atoms with Gasteiger partial charge in [-0.25, -0.2) is 0 Å². The van der Waals surface area contributed by atoms with Crippen molar-refractivity contribution in [2.75, 3.05) is 18.5 Å². The Morgan fingerprint density at radius 2 is 1.67 bits per heavy atom. The van der Waals surface area contributed by atoms with Gasteiger partial charge in [-0.3, -0.25) is 14.5 Å². The number of carbonyl (C=O) groups is 2. The van der Waals surface area contributed by atoms with Crippen LogP contribution in [0.15, 0.2) is 54.2 Å². The smallest absolute Gasteiger partial charge is 0.278 e. The zero-order valence-electron chi connectivity index (χ0n) is 16.5. The van der Waals surface area contributed by atoms with E-state index in [1.165, 1.54) is 4.90 Å². The number of anilines is 1. The molecule has 4 nitrogen and oxygen atoms in total. The first-order valence-electron chi connectivity index (χ1n) is 9.42. The summed E-state index contributed by atoms with van der Waals surface area (Å²) in [4.78, 5) is 29.7. The second-order valence-electron chi connectivity index (χ2n) is 7.05. The zero-order valence-corrected chi connectivity index (χ0v) is 16.5. The molecule has 0 aliphatic carbocycles. The number of imide groups is 1. The minimum Gasteiger partial charge on any atom is -0.339 e. The van der Waals surface area contributed by atoms with Gasteiger partial charge in [-0.2, -0.15) is 0 Å². The molecule has 3 rings (SSSR count). The standard InChI is InChI=1S/C23H26N2O2/c1-5-6-14-25-22(26)20(19-13-12-16(2)15-17(19)3)21(23(25)27)24(4)18-10-8-7-9-11-18/h7-13,15H,5-6,14H2,1-4H3. The number of amides is 2. The monoisotopic (exact) mass is 362 g/mol. The summed E-state index contributed by atoms with van der Waals surface area (Å²) >= 11 is 0. The molecule has 0 fully saturated rings. The SMILES string of the molecule is CCCCN1C(=O)C(c2ccc(C)cc2C)=C(N(C)c2ccccc2)C1=O. The van der Waals surface area contributed by atoms with Crippen molar-refractivity contribution in [3.8, 4) is 0 Å². The third-order valence-electron chi connectivity index (χ3n) is 5.01. The quantitative estimate of drug-likeness (QED) is 0.719. The molecule has 0 saturated carbocycles. The zero-order chi connectivity index (χ0) is 19.6. The van der Waals surface area contributed by atoms with Crippen LogP contribution in [0.5, 0.6) is 0 Å². The molecule has 1 heterocycles. The number of hydrogen-bond acceptors (Lipinski definition) is 3. The maximum absolute atomic E-state index is 13.2. The third kappa shape index (κ3) is 3.52. The van der Waals surface area contributed by atoms with Gasteiger partial charge in [-0.05, 0) is 43.5 Å². The Bertz CT molecular complexity index is 900. The van der Waals surface area contributed by atoms with Crippen LogP contribution < -0.4 is 4.90 Å². The fraction of sp³-hybridized carbons (Fsp3) is 0.304. The third-order valence-corrected chi connectivity index (χ3v) is 5.01. The van der Waals surface area contributed by atoms with E-state index in [0.717, 1.165) is 35.2 Å². The summed E-state index contributed by atoms with van der Waals surface area (Å²) in [5.41, 5.74) is 4.80. The number of hydrogen-bond donors (Lipinski definition) is 0. The molecule has 0 N–H and O–H groups in total. The number of unbranched alkanes of at least 4 members (excludes halogenated alkanes) is 1. The Morgan fingerprint density at radius 1 is 0.963 bits per heavy atom. The van der Waals surface area contributed by atoms with Crippen LogP contribution in [0.2, 0.25) is 0 Å².